The van der Waals surface area contributed by atoms with Crippen molar-refractivity contribution in [3.05, 3.63) is 0 Å². The highest BCUT2D eigenvalue weighted by Crippen LogP contribution is 2.09. The number of carbonyl (C=O) groups excluding carboxylic acids is 1. The number of hydrogen-bond acceptors (Lipinski definition) is 3. The Balaban J connectivity index is 2.43. The molecule has 0 spiro atoms. The normalized spacial score (nSPS) is 39.4. The summed E-state index contributed by atoms with van der Waals surface area (Å²) in [7, 11) is 0. The Kier molecular flexibility index (Phi) is 0.785. The lowest BCUT2D eigenvalue weighted by Crippen LogP contribution is -2.54. The summed E-state index contributed by atoms with van der Waals surface area (Å²) in [6, 6.07) is -0.361. The lowest BCUT2D eigenvalue weighted by molar-refractivity contribution is -0.171. The van der Waals surface area contributed by atoms with Crippen LogP contribution in [0, 0.1) is 0 Å². The molecule has 0 amide bonds. The van der Waals surface area contributed by atoms with E-state index in [2.05, 4.69) is 4.74 Å². The fourth-order valence-corrected chi connectivity index (χ4v) is 0.454. The summed E-state index contributed by atoms with van der Waals surface area (Å²) in [6.45, 7) is 1.77. The predicted octanol–water partition coefficient (Wildman–Crippen LogP) is -0.741. The summed E-state index contributed by atoms with van der Waals surface area (Å²) in [5.74, 6) is -0.285. The second-order valence-corrected chi connectivity index (χ2v) is 1.67. The molecule has 1 aliphatic rings. The monoisotopic (exact) mass is 101 g/mol. The molecular weight excluding hydrogens is 94.0 g/mol. The van der Waals surface area contributed by atoms with Crippen LogP contribution in [0.15, 0.2) is 0 Å². The first kappa shape index (κ1) is 4.59. The zero-order chi connectivity index (χ0) is 5.44. The van der Waals surface area contributed by atoms with Gasteiger partial charge in [-0.05, 0) is 6.92 Å². The maximum atomic E-state index is 10.1. The van der Waals surface area contributed by atoms with Crippen LogP contribution in [0.3, 0.4) is 0 Å². The molecule has 0 bridgehead atoms. The van der Waals surface area contributed by atoms with Crippen molar-refractivity contribution in [3.8, 4) is 0 Å². The first-order valence-electron chi connectivity index (χ1n) is 2.18. The third kappa shape index (κ3) is 0.489. The van der Waals surface area contributed by atoms with Crippen LogP contribution in [0.4, 0.5) is 0 Å². The molecule has 1 saturated heterocycles. The van der Waals surface area contributed by atoms with Gasteiger partial charge in [0, 0.05) is 0 Å². The fourth-order valence-electron chi connectivity index (χ4n) is 0.454. The summed E-state index contributed by atoms with van der Waals surface area (Å²) in [5.41, 5.74) is 5.19. The van der Waals surface area contributed by atoms with Crippen LogP contribution in [0.5, 0.6) is 0 Å². The van der Waals surface area contributed by atoms with Crippen molar-refractivity contribution in [2.24, 2.45) is 5.73 Å². The average molecular weight is 101 g/mol. The van der Waals surface area contributed by atoms with E-state index in [9.17, 15) is 4.79 Å². The molecule has 7 heavy (non-hydrogen) atoms. The smallest absolute Gasteiger partial charge is 0.327 e. The third-order valence-electron chi connectivity index (χ3n) is 1.08. The van der Waals surface area contributed by atoms with Crippen molar-refractivity contribution in [2.75, 3.05) is 0 Å². The van der Waals surface area contributed by atoms with E-state index in [-0.39, 0.29) is 18.1 Å². The SMILES string of the molecule is C[C@@H]1OC(=O)[C@@H]1N. The molecule has 2 atom stereocenters. The lowest BCUT2D eigenvalue weighted by Gasteiger charge is -2.28. The molecule has 1 fully saturated rings. The number of hydrogen-bond donors (Lipinski definition) is 1. The van der Waals surface area contributed by atoms with Crippen molar-refractivity contribution in [1.82, 2.24) is 0 Å². The molecule has 1 aliphatic heterocycles. The van der Waals surface area contributed by atoms with Crippen LogP contribution in [-0.2, 0) is 9.53 Å². The Hall–Kier alpha value is -0.570. The van der Waals surface area contributed by atoms with E-state index < -0.39 is 0 Å². The number of cyclic esters (lactones) is 1. The van der Waals surface area contributed by atoms with Gasteiger partial charge in [0.1, 0.15) is 12.1 Å². The van der Waals surface area contributed by atoms with Gasteiger partial charge in [0.2, 0.25) is 0 Å². The minimum absolute atomic E-state index is 0.0625. The van der Waals surface area contributed by atoms with Gasteiger partial charge in [0.05, 0.1) is 0 Å². The molecule has 0 unspecified atom stereocenters. The molecule has 3 heteroatoms. The Morgan fingerprint density at radius 2 is 2.43 bits per heavy atom. The maximum Gasteiger partial charge on any atom is 0.327 e. The zero-order valence-corrected chi connectivity index (χ0v) is 4.05. The zero-order valence-electron chi connectivity index (χ0n) is 4.05. The van der Waals surface area contributed by atoms with Gasteiger partial charge in [0.15, 0.2) is 0 Å². The average Bonchev–Trinajstić information content (AvgIpc) is 1.68. The highest BCUT2D eigenvalue weighted by molar-refractivity contribution is 5.81. The van der Waals surface area contributed by atoms with Gasteiger partial charge in [-0.25, -0.2) is 0 Å². The lowest BCUT2D eigenvalue weighted by atomic mass is 10.1. The molecule has 0 saturated carbocycles. The van der Waals surface area contributed by atoms with Crippen LogP contribution in [0.1, 0.15) is 6.92 Å². The van der Waals surface area contributed by atoms with Crippen molar-refractivity contribution in [1.29, 1.82) is 0 Å². The second-order valence-electron chi connectivity index (χ2n) is 1.67. The van der Waals surface area contributed by atoms with Gasteiger partial charge in [-0.2, -0.15) is 0 Å². The number of esters is 1. The molecule has 1 rings (SSSR count). The summed E-state index contributed by atoms with van der Waals surface area (Å²) in [5, 5.41) is 0. The van der Waals surface area contributed by atoms with Crippen LogP contribution in [0.25, 0.3) is 0 Å². The minimum atomic E-state index is -0.361. The molecule has 2 N–H and O–H groups in total. The standard InChI is InChI=1S/C4H7NO2/c1-2-3(5)4(6)7-2/h2-3H,5H2,1H3/t2-,3+/m0/s1. The summed E-state index contributed by atoms with van der Waals surface area (Å²) in [4.78, 5) is 10.1. The van der Waals surface area contributed by atoms with E-state index in [0.29, 0.717) is 0 Å². The molecule has 3 nitrogen and oxygen atoms in total. The van der Waals surface area contributed by atoms with Crippen molar-refractivity contribution in [2.45, 2.75) is 19.1 Å². The fraction of sp³-hybridized carbons (Fsp3) is 0.750. The first-order valence-corrected chi connectivity index (χ1v) is 2.18. The highest BCUT2D eigenvalue weighted by Gasteiger charge is 2.35. The number of nitrogens with two attached hydrogens (primary N) is 1. The third-order valence-corrected chi connectivity index (χ3v) is 1.08. The van der Waals surface area contributed by atoms with E-state index >= 15 is 0 Å². The number of ether oxygens (including phenoxy) is 1. The topological polar surface area (TPSA) is 52.3 Å². The van der Waals surface area contributed by atoms with Crippen LogP contribution < -0.4 is 5.73 Å². The van der Waals surface area contributed by atoms with E-state index in [1.165, 1.54) is 0 Å². The summed E-state index contributed by atoms with van der Waals surface area (Å²) >= 11 is 0. The van der Waals surface area contributed by atoms with E-state index in [1.807, 2.05) is 0 Å². The van der Waals surface area contributed by atoms with Crippen LogP contribution in [0.2, 0.25) is 0 Å². The largest absolute Gasteiger partial charge is 0.459 e. The number of carbonyl (C=O) groups is 1. The minimum Gasteiger partial charge on any atom is -0.459 e. The quantitative estimate of drug-likeness (QED) is 0.409. The van der Waals surface area contributed by atoms with Crippen molar-refractivity contribution < 1.29 is 9.53 Å². The van der Waals surface area contributed by atoms with Gasteiger partial charge in [-0.3, -0.25) is 4.79 Å². The molecule has 1 heterocycles. The molecule has 40 valence electrons. The van der Waals surface area contributed by atoms with Gasteiger partial charge in [-0.15, -0.1) is 0 Å². The van der Waals surface area contributed by atoms with E-state index in [1.54, 1.807) is 6.92 Å². The van der Waals surface area contributed by atoms with Gasteiger partial charge in [0.25, 0.3) is 0 Å². The predicted molar refractivity (Wildman–Crippen MR) is 23.5 cm³/mol. The molecule has 0 aromatic carbocycles. The molecule has 0 aromatic heterocycles. The van der Waals surface area contributed by atoms with E-state index in [0.717, 1.165) is 0 Å². The Bertz CT molecular complexity index is 102. The maximum absolute atomic E-state index is 10.1. The van der Waals surface area contributed by atoms with Gasteiger partial charge >= 0.3 is 5.97 Å². The van der Waals surface area contributed by atoms with Crippen LogP contribution in [-0.4, -0.2) is 18.1 Å². The van der Waals surface area contributed by atoms with Crippen molar-refractivity contribution >= 4 is 5.97 Å². The molecular formula is C4H7NO2. The number of rotatable bonds is 0. The first-order chi connectivity index (χ1) is 3.22. The van der Waals surface area contributed by atoms with Gasteiger partial charge < -0.3 is 10.5 Å². The highest BCUT2D eigenvalue weighted by atomic mass is 16.6. The van der Waals surface area contributed by atoms with Crippen molar-refractivity contribution in [3.63, 3.8) is 0 Å². The molecule has 0 radical (unpaired) electrons. The van der Waals surface area contributed by atoms with Crippen LogP contribution >= 0.6 is 0 Å². The van der Waals surface area contributed by atoms with Gasteiger partial charge in [-0.1, -0.05) is 0 Å². The summed E-state index contributed by atoms with van der Waals surface area (Å²) in [6.07, 6.45) is -0.0625. The Morgan fingerprint density at radius 1 is 1.86 bits per heavy atom. The Labute approximate surface area is 41.4 Å². The Morgan fingerprint density at radius 3 is 2.43 bits per heavy atom. The molecule has 0 aliphatic carbocycles. The molecule has 0 aromatic rings. The van der Waals surface area contributed by atoms with E-state index in [4.69, 9.17) is 5.73 Å². The second kappa shape index (κ2) is 1.20. The summed E-state index contributed by atoms with van der Waals surface area (Å²) < 4.78 is 4.49.